The Balaban J connectivity index is 1.60. The Hall–Kier alpha value is -2.64. The van der Waals surface area contributed by atoms with E-state index < -0.39 is 5.82 Å². The first-order valence-corrected chi connectivity index (χ1v) is 10.2. The Labute approximate surface area is 179 Å². The fourth-order valence-electron chi connectivity index (χ4n) is 3.67. The van der Waals surface area contributed by atoms with Gasteiger partial charge in [-0.2, -0.15) is 0 Å². The normalized spacial score (nSPS) is 17.1. The molecule has 1 unspecified atom stereocenters. The zero-order valence-electron chi connectivity index (χ0n) is 16.9. The number of ether oxygens (including phenoxy) is 3. The minimum atomic E-state index is -0.571. The van der Waals surface area contributed by atoms with Crippen LogP contribution in [0.4, 0.5) is 4.39 Å². The van der Waals surface area contributed by atoms with E-state index in [9.17, 15) is 4.39 Å². The number of rotatable bonds is 6. The van der Waals surface area contributed by atoms with Gasteiger partial charge in [-0.15, -0.1) is 0 Å². The molecule has 0 amide bonds. The maximum absolute atomic E-state index is 14.1. The SMILES string of the molecule is COc1cc2c(Oc3ccc(Cl)cc3F)ncnc2cc1OCC1CCCN(C)C1. The molecule has 8 heteroatoms. The summed E-state index contributed by atoms with van der Waals surface area (Å²) in [7, 11) is 3.70. The van der Waals surface area contributed by atoms with Crippen LogP contribution in [0.1, 0.15) is 12.8 Å². The fourth-order valence-corrected chi connectivity index (χ4v) is 3.83. The summed E-state index contributed by atoms with van der Waals surface area (Å²) in [5, 5.41) is 0.883. The van der Waals surface area contributed by atoms with Crippen molar-refractivity contribution in [1.82, 2.24) is 14.9 Å². The van der Waals surface area contributed by atoms with Crippen LogP contribution in [0.25, 0.3) is 10.9 Å². The number of aromatic nitrogens is 2. The van der Waals surface area contributed by atoms with Gasteiger partial charge in [0, 0.05) is 23.6 Å². The fraction of sp³-hybridized carbons (Fsp3) is 0.364. The highest BCUT2D eigenvalue weighted by molar-refractivity contribution is 6.30. The maximum Gasteiger partial charge on any atom is 0.230 e. The predicted octanol–water partition coefficient (Wildman–Crippen LogP) is 4.94. The van der Waals surface area contributed by atoms with Crippen LogP contribution in [-0.4, -0.2) is 48.7 Å². The van der Waals surface area contributed by atoms with E-state index in [-0.39, 0.29) is 11.6 Å². The number of nitrogens with zero attached hydrogens (tertiary/aromatic N) is 3. The minimum absolute atomic E-state index is 0.0279. The second kappa shape index (κ2) is 9.02. The highest BCUT2D eigenvalue weighted by Gasteiger charge is 2.20. The number of hydrogen-bond donors (Lipinski definition) is 0. The van der Waals surface area contributed by atoms with Crippen LogP contribution in [0.3, 0.4) is 0 Å². The van der Waals surface area contributed by atoms with Crippen molar-refractivity contribution < 1.29 is 18.6 Å². The van der Waals surface area contributed by atoms with Crippen molar-refractivity contribution >= 4 is 22.5 Å². The summed E-state index contributed by atoms with van der Waals surface area (Å²) in [6.07, 6.45) is 3.69. The van der Waals surface area contributed by atoms with Gasteiger partial charge in [0.25, 0.3) is 0 Å². The lowest BCUT2D eigenvalue weighted by Gasteiger charge is -2.29. The lowest BCUT2D eigenvalue weighted by Crippen LogP contribution is -2.34. The molecular formula is C22H23ClFN3O3. The number of hydrogen-bond acceptors (Lipinski definition) is 6. The van der Waals surface area contributed by atoms with Crippen LogP contribution in [0.2, 0.25) is 5.02 Å². The monoisotopic (exact) mass is 431 g/mol. The van der Waals surface area contributed by atoms with E-state index in [1.54, 1.807) is 25.3 Å². The molecule has 1 atom stereocenters. The molecule has 2 heterocycles. The van der Waals surface area contributed by atoms with Crippen molar-refractivity contribution in [3.8, 4) is 23.1 Å². The summed E-state index contributed by atoms with van der Waals surface area (Å²) >= 11 is 5.81. The van der Waals surface area contributed by atoms with Gasteiger partial charge in [0.2, 0.25) is 5.88 Å². The average molecular weight is 432 g/mol. The molecule has 1 saturated heterocycles. The number of fused-ring (bicyclic) bond motifs is 1. The molecule has 1 fully saturated rings. The Morgan fingerprint density at radius 2 is 2.03 bits per heavy atom. The molecule has 0 bridgehead atoms. The van der Waals surface area contributed by atoms with E-state index in [0.717, 1.165) is 19.5 Å². The molecule has 158 valence electrons. The second-order valence-electron chi connectivity index (χ2n) is 7.46. The van der Waals surface area contributed by atoms with Gasteiger partial charge in [0.15, 0.2) is 23.1 Å². The minimum Gasteiger partial charge on any atom is -0.493 e. The van der Waals surface area contributed by atoms with Crippen molar-refractivity contribution in [3.63, 3.8) is 0 Å². The third kappa shape index (κ3) is 4.57. The molecule has 1 aromatic heterocycles. The van der Waals surface area contributed by atoms with Gasteiger partial charge in [-0.25, -0.2) is 14.4 Å². The molecular weight excluding hydrogens is 409 g/mol. The van der Waals surface area contributed by atoms with Gasteiger partial charge in [-0.05, 0) is 50.7 Å². The quantitative estimate of drug-likeness (QED) is 0.550. The first-order chi connectivity index (χ1) is 14.5. The summed E-state index contributed by atoms with van der Waals surface area (Å²) in [5.74, 6) is 1.31. The summed E-state index contributed by atoms with van der Waals surface area (Å²) < 4.78 is 31.5. The smallest absolute Gasteiger partial charge is 0.230 e. The summed E-state index contributed by atoms with van der Waals surface area (Å²) in [4.78, 5) is 10.8. The van der Waals surface area contributed by atoms with Crippen LogP contribution in [0.5, 0.6) is 23.1 Å². The zero-order chi connectivity index (χ0) is 21.1. The summed E-state index contributed by atoms with van der Waals surface area (Å²) in [6.45, 7) is 2.75. The molecule has 4 rings (SSSR count). The van der Waals surface area contributed by atoms with Gasteiger partial charge >= 0.3 is 0 Å². The first kappa shape index (κ1) is 20.6. The number of benzene rings is 2. The second-order valence-corrected chi connectivity index (χ2v) is 7.89. The molecule has 0 radical (unpaired) electrons. The third-order valence-electron chi connectivity index (χ3n) is 5.18. The lowest BCUT2D eigenvalue weighted by molar-refractivity contribution is 0.148. The van der Waals surface area contributed by atoms with Crippen molar-refractivity contribution in [1.29, 1.82) is 0 Å². The number of halogens is 2. The number of piperidine rings is 1. The molecule has 6 nitrogen and oxygen atoms in total. The molecule has 1 aliphatic heterocycles. The predicted molar refractivity (Wildman–Crippen MR) is 113 cm³/mol. The van der Waals surface area contributed by atoms with Gasteiger partial charge < -0.3 is 19.1 Å². The summed E-state index contributed by atoms with van der Waals surface area (Å²) in [5.41, 5.74) is 0.617. The van der Waals surface area contributed by atoms with Crippen molar-refractivity contribution in [3.05, 3.63) is 47.5 Å². The topological polar surface area (TPSA) is 56.7 Å². The lowest BCUT2D eigenvalue weighted by atomic mass is 9.99. The van der Waals surface area contributed by atoms with E-state index in [1.165, 1.54) is 24.9 Å². The average Bonchev–Trinajstić information content (AvgIpc) is 2.74. The van der Waals surface area contributed by atoms with Gasteiger partial charge in [0.05, 0.1) is 24.6 Å². The highest BCUT2D eigenvalue weighted by atomic mass is 35.5. The van der Waals surface area contributed by atoms with Crippen LogP contribution < -0.4 is 14.2 Å². The molecule has 1 aliphatic rings. The molecule has 3 aromatic rings. The third-order valence-corrected chi connectivity index (χ3v) is 5.42. The van der Waals surface area contributed by atoms with E-state index in [4.69, 9.17) is 25.8 Å². The van der Waals surface area contributed by atoms with E-state index in [0.29, 0.717) is 39.9 Å². The summed E-state index contributed by atoms with van der Waals surface area (Å²) in [6, 6.07) is 7.75. The van der Waals surface area contributed by atoms with Gasteiger partial charge in [-0.3, -0.25) is 0 Å². The Morgan fingerprint density at radius 1 is 1.17 bits per heavy atom. The molecule has 0 saturated carbocycles. The van der Waals surface area contributed by atoms with Gasteiger partial charge in [-0.1, -0.05) is 11.6 Å². The number of likely N-dealkylation sites (tertiary alicyclic amines) is 1. The Bertz CT molecular complexity index is 1050. The standard InChI is InChI=1S/C22H23ClFN3O3/c1-27-7-3-4-14(11-27)12-29-21-10-18-16(9-20(21)28-2)22(26-13-25-18)30-19-6-5-15(23)8-17(19)24/h5-6,8-10,13-14H,3-4,7,11-12H2,1-2H3. The highest BCUT2D eigenvalue weighted by Crippen LogP contribution is 2.37. The first-order valence-electron chi connectivity index (χ1n) is 9.80. The molecule has 0 N–H and O–H groups in total. The van der Waals surface area contributed by atoms with E-state index >= 15 is 0 Å². The van der Waals surface area contributed by atoms with Crippen LogP contribution >= 0.6 is 11.6 Å². The van der Waals surface area contributed by atoms with Crippen LogP contribution in [0, 0.1) is 11.7 Å². The van der Waals surface area contributed by atoms with E-state index in [1.807, 2.05) is 0 Å². The van der Waals surface area contributed by atoms with Crippen molar-refractivity contribution in [2.24, 2.45) is 5.92 Å². The molecule has 2 aromatic carbocycles. The zero-order valence-corrected chi connectivity index (χ0v) is 17.7. The Kier molecular flexibility index (Phi) is 6.20. The van der Waals surface area contributed by atoms with Crippen LogP contribution in [0.15, 0.2) is 36.7 Å². The maximum atomic E-state index is 14.1. The largest absolute Gasteiger partial charge is 0.493 e. The number of methoxy groups -OCH3 is 1. The van der Waals surface area contributed by atoms with Gasteiger partial charge in [0.1, 0.15) is 6.33 Å². The van der Waals surface area contributed by atoms with E-state index in [2.05, 4.69) is 21.9 Å². The molecule has 30 heavy (non-hydrogen) atoms. The molecule has 0 spiro atoms. The van der Waals surface area contributed by atoms with Crippen LogP contribution in [-0.2, 0) is 0 Å². The van der Waals surface area contributed by atoms with Crippen molar-refractivity contribution in [2.45, 2.75) is 12.8 Å². The molecule has 0 aliphatic carbocycles. The Morgan fingerprint density at radius 3 is 2.80 bits per heavy atom. The van der Waals surface area contributed by atoms with Crippen molar-refractivity contribution in [2.75, 3.05) is 33.9 Å².